The second-order valence-corrected chi connectivity index (χ2v) is 6.68. The topological polar surface area (TPSA) is 131 Å². The lowest BCUT2D eigenvalue weighted by Gasteiger charge is -2.09. The molecule has 0 saturated carbocycles. The predicted molar refractivity (Wildman–Crippen MR) is 115 cm³/mol. The van der Waals surface area contributed by atoms with Crippen LogP contribution in [-0.4, -0.2) is 51.6 Å². The van der Waals surface area contributed by atoms with Crippen molar-refractivity contribution < 1.29 is 14.3 Å². The minimum Gasteiger partial charge on any atom is -0.382 e. The van der Waals surface area contributed by atoms with E-state index < -0.39 is 0 Å². The van der Waals surface area contributed by atoms with Gasteiger partial charge in [0, 0.05) is 37.1 Å². The lowest BCUT2D eigenvalue weighted by atomic mass is 10.1. The van der Waals surface area contributed by atoms with Crippen molar-refractivity contribution in [2.24, 2.45) is 0 Å². The molecule has 2 amide bonds. The average molecular weight is 424 g/mol. The first-order chi connectivity index (χ1) is 15.0. The van der Waals surface area contributed by atoms with E-state index in [2.05, 4.69) is 25.9 Å². The zero-order chi connectivity index (χ0) is 22.2. The van der Waals surface area contributed by atoms with Gasteiger partial charge < -0.3 is 15.4 Å². The SMILES string of the molecule is CCOCCCNC(=O)c1cccc(NC(=O)c2cnn(-c3ccc(=O)[nH]n3)c2C)c1. The summed E-state index contributed by atoms with van der Waals surface area (Å²) >= 11 is 0. The Morgan fingerprint density at radius 3 is 2.77 bits per heavy atom. The van der Waals surface area contributed by atoms with Crippen LogP contribution in [0.4, 0.5) is 5.69 Å². The molecule has 0 spiro atoms. The van der Waals surface area contributed by atoms with Gasteiger partial charge in [-0.1, -0.05) is 6.07 Å². The van der Waals surface area contributed by atoms with Crippen molar-refractivity contribution in [3.8, 4) is 5.82 Å². The van der Waals surface area contributed by atoms with E-state index in [9.17, 15) is 14.4 Å². The first kappa shape index (κ1) is 21.9. The van der Waals surface area contributed by atoms with Crippen LogP contribution in [0.2, 0.25) is 0 Å². The average Bonchev–Trinajstić information content (AvgIpc) is 3.15. The molecule has 0 saturated heterocycles. The maximum Gasteiger partial charge on any atom is 0.264 e. The lowest BCUT2D eigenvalue weighted by Crippen LogP contribution is -2.25. The summed E-state index contributed by atoms with van der Waals surface area (Å²) in [5.74, 6) is -0.206. The number of benzene rings is 1. The highest BCUT2D eigenvalue weighted by Gasteiger charge is 2.16. The molecule has 1 aromatic carbocycles. The van der Waals surface area contributed by atoms with Crippen LogP contribution in [-0.2, 0) is 4.74 Å². The van der Waals surface area contributed by atoms with E-state index in [1.807, 2.05) is 6.92 Å². The first-order valence-corrected chi connectivity index (χ1v) is 9.87. The normalized spacial score (nSPS) is 10.6. The number of aromatic nitrogens is 4. The van der Waals surface area contributed by atoms with Gasteiger partial charge in [-0.3, -0.25) is 14.4 Å². The van der Waals surface area contributed by atoms with Crippen LogP contribution in [0.15, 0.2) is 47.4 Å². The van der Waals surface area contributed by atoms with E-state index in [0.29, 0.717) is 48.1 Å². The van der Waals surface area contributed by atoms with E-state index >= 15 is 0 Å². The molecule has 10 heteroatoms. The fraction of sp³-hybridized carbons (Fsp3) is 0.286. The smallest absolute Gasteiger partial charge is 0.264 e. The highest BCUT2D eigenvalue weighted by molar-refractivity contribution is 6.05. The fourth-order valence-electron chi connectivity index (χ4n) is 2.88. The highest BCUT2D eigenvalue weighted by atomic mass is 16.5. The standard InChI is InChI=1S/C21H24N6O4/c1-3-31-11-5-10-22-20(29)15-6-4-7-16(12-15)24-21(30)17-13-23-27(14(17)2)18-8-9-19(28)26-25-18/h4,6-9,12-13H,3,5,10-11H2,1-2H3,(H,22,29)(H,24,30)(H,26,28). The molecular weight excluding hydrogens is 400 g/mol. The van der Waals surface area contributed by atoms with Crippen molar-refractivity contribution >= 4 is 17.5 Å². The van der Waals surface area contributed by atoms with Crippen LogP contribution in [0.1, 0.15) is 39.8 Å². The maximum absolute atomic E-state index is 12.7. The zero-order valence-electron chi connectivity index (χ0n) is 17.3. The van der Waals surface area contributed by atoms with Crippen molar-refractivity contribution in [3.63, 3.8) is 0 Å². The summed E-state index contributed by atoms with van der Waals surface area (Å²) in [6, 6.07) is 9.53. The van der Waals surface area contributed by atoms with Crippen molar-refractivity contribution in [1.29, 1.82) is 0 Å². The molecule has 2 heterocycles. The molecule has 0 aliphatic heterocycles. The number of nitrogens with one attached hydrogen (secondary N) is 3. The lowest BCUT2D eigenvalue weighted by molar-refractivity contribution is 0.0943. The number of rotatable bonds is 9. The van der Waals surface area contributed by atoms with Gasteiger partial charge in [-0.05, 0) is 44.5 Å². The number of hydrogen-bond acceptors (Lipinski definition) is 6. The van der Waals surface area contributed by atoms with Crippen molar-refractivity contribution in [3.05, 3.63) is 69.8 Å². The quantitative estimate of drug-likeness (QED) is 0.448. The Balaban J connectivity index is 1.66. The minimum absolute atomic E-state index is 0.222. The summed E-state index contributed by atoms with van der Waals surface area (Å²) in [6.45, 7) is 5.39. The third-order valence-corrected chi connectivity index (χ3v) is 4.47. The van der Waals surface area contributed by atoms with Crippen LogP contribution in [0, 0.1) is 6.92 Å². The number of H-pyrrole nitrogens is 1. The molecule has 0 radical (unpaired) electrons. The van der Waals surface area contributed by atoms with Gasteiger partial charge in [0.2, 0.25) is 0 Å². The largest absolute Gasteiger partial charge is 0.382 e. The van der Waals surface area contributed by atoms with Crippen LogP contribution in [0.3, 0.4) is 0 Å². The van der Waals surface area contributed by atoms with E-state index in [1.54, 1.807) is 31.2 Å². The molecule has 0 unspecified atom stereocenters. The van der Waals surface area contributed by atoms with Crippen LogP contribution in [0.5, 0.6) is 0 Å². The van der Waals surface area contributed by atoms with Crippen molar-refractivity contribution in [2.75, 3.05) is 25.1 Å². The molecule has 0 aliphatic rings. The summed E-state index contributed by atoms with van der Waals surface area (Å²) in [5, 5.41) is 16.0. The number of carbonyl (C=O) groups excluding carboxylic acids is 2. The van der Waals surface area contributed by atoms with E-state index in [4.69, 9.17) is 4.74 Å². The summed E-state index contributed by atoms with van der Waals surface area (Å²) in [5.41, 5.74) is 1.50. The number of nitrogens with zero attached hydrogens (tertiary/aromatic N) is 3. The summed E-state index contributed by atoms with van der Waals surface area (Å²) in [7, 11) is 0. The molecule has 0 bridgehead atoms. The van der Waals surface area contributed by atoms with Gasteiger partial charge in [-0.2, -0.15) is 10.2 Å². The minimum atomic E-state index is -0.373. The Kier molecular flexibility index (Phi) is 7.28. The third kappa shape index (κ3) is 5.64. The molecule has 3 N–H and O–H groups in total. The van der Waals surface area contributed by atoms with Gasteiger partial charge in [-0.25, -0.2) is 9.78 Å². The molecule has 2 aromatic heterocycles. The summed E-state index contributed by atoms with van der Waals surface area (Å²) in [4.78, 5) is 36.2. The second-order valence-electron chi connectivity index (χ2n) is 6.68. The molecule has 0 aliphatic carbocycles. The molecular formula is C21H24N6O4. The van der Waals surface area contributed by atoms with Gasteiger partial charge >= 0.3 is 0 Å². The second kappa shape index (κ2) is 10.3. The molecule has 162 valence electrons. The number of amides is 2. The van der Waals surface area contributed by atoms with Gasteiger partial charge in [0.05, 0.1) is 17.5 Å². The van der Waals surface area contributed by atoms with Gasteiger partial charge in [0.25, 0.3) is 17.4 Å². The highest BCUT2D eigenvalue weighted by Crippen LogP contribution is 2.16. The molecule has 10 nitrogen and oxygen atoms in total. The Morgan fingerprint density at radius 1 is 1.19 bits per heavy atom. The van der Waals surface area contributed by atoms with Crippen molar-refractivity contribution in [2.45, 2.75) is 20.3 Å². The van der Waals surface area contributed by atoms with E-state index in [0.717, 1.165) is 6.42 Å². The monoisotopic (exact) mass is 424 g/mol. The zero-order valence-corrected chi connectivity index (χ0v) is 17.3. The number of ether oxygens (including phenoxy) is 1. The van der Waals surface area contributed by atoms with Gasteiger partial charge in [-0.15, -0.1) is 0 Å². The fourth-order valence-corrected chi connectivity index (χ4v) is 2.88. The van der Waals surface area contributed by atoms with Gasteiger partial charge in [0.1, 0.15) is 0 Å². The number of hydrogen-bond donors (Lipinski definition) is 3. The Hall–Kier alpha value is -3.79. The Labute approximate surface area is 178 Å². The number of anilines is 1. The molecule has 3 aromatic rings. The molecule has 0 atom stereocenters. The number of aromatic amines is 1. The van der Waals surface area contributed by atoms with E-state index in [-0.39, 0.29) is 17.4 Å². The molecule has 31 heavy (non-hydrogen) atoms. The summed E-state index contributed by atoms with van der Waals surface area (Å²) < 4.78 is 6.70. The number of carbonyl (C=O) groups is 2. The Morgan fingerprint density at radius 2 is 2.03 bits per heavy atom. The van der Waals surface area contributed by atoms with E-state index in [1.165, 1.54) is 23.0 Å². The van der Waals surface area contributed by atoms with Crippen LogP contribution < -0.4 is 16.2 Å². The first-order valence-electron chi connectivity index (χ1n) is 9.87. The third-order valence-electron chi connectivity index (χ3n) is 4.47. The predicted octanol–water partition coefficient (Wildman–Crippen LogP) is 1.67. The summed E-state index contributed by atoms with van der Waals surface area (Å²) in [6.07, 6.45) is 2.15. The maximum atomic E-state index is 12.7. The van der Waals surface area contributed by atoms with Crippen molar-refractivity contribution in [1.82, 2.24) is 25.3 Å². The van der Waals surface area contributed by atoms with Crippen LogP contribution >= 0.6 is 0 Å². The molecule has 3 rings (SSSR count). The molecule has 0 fully saturated rings. The van der Waals surface area contributed by atoms with Crippen LogP contribution in [0.25, 0.3) is 5.82 Å². The Bertz CT molecular complexity index is 1100. The van der Waals surface area contributed by atoms with Gasteiger partial charge in [0.15, 0.2) is 5.82 Å².